The SMILES string of the molecule is COCC(CCO)NC(=O)c1cccc2c1CCCN2. The summed E-state index contributed by atoms with van der Waals surface area (Å²) in [4.78, 5) is 12.4. The van der Waals surface area contributed by atoms with Crippen molar-refractivity contribution < 1.29 is 14.6 Å². The molecule has 0 saturated heterocycles. The van der Waals surface area contributed by atoms with E-state index in [0.717, 1.165) is 30.6 Å². The van der Waals surface area contributed by atoms with E-state index in [4.69, 9.17) is 9.84 Å². The molecule has 1 aromatic carbocycles. The lowest BCUT2D eigenvalue weighted by molar-refractivity contribution is 0.0877. The van der Waals surface area contributed by atoms with Gasteiger partial charge < -0.3 is 20.5 Å². The molecule has 5 nitrogen and oxygen atoms in total. The number of hydrogen-bond donors (Lipinski definition) is 3. The minimum atomic E-state index is -0.162. The number of fused-ring (bicyclic) bond motifs is 1. The molecule has 1 aliphatic rings. The van der Waals surface area contributed by atoms with Crippen LogP contribution in [0.4, 0.5) is 5.69 Å². The predicted octanol–water partition coefficient (Wildman–Crippen LogP) is 1.17. The van der Waals surface area contributed by atoms with Crippen LogP contribution in [0.15, 0.2) is 18.2 Å². The van der Waals surface area contributed by atoms with Gasteiger partial charge in [0.2, 0.25) is 0 Å². The van der Waals surface area contributed by atoms with Gasteiger partial charge in [0.15, 0.2) is 0 Å². The highest BCUT2D eigenvalue weighted by atomic mass is 16.5. The average molecular weight is 278 g/mol. The van der Waals surface area contributed by atoms with Crippen LogP contribution in [0.2, 0.25) is 0 Å². The van der Waals surface area contributed by atoms with E-state index in [9.17, 15) is 4.79 Å². The summed E-state index contributed by atoms with van der Waals surface area (Å²) in [5.41, 5.74) is 2.85. The molecule has 2 rings (SSSR count). The van der Waals surface area contributed by atoms with E-state index in [1.54, 1.807) is 7.11 Å². The molecular weight excluding hydrogens is 256 g/mol. The number of aliphatic hydroxyl groups excluding tert-OH is 1. The Morgan fingerprint density at radius 2 is 2.40 bits per heavy atom. The number of ether oxygens (including phenoxy) is 1. The van der Waals surface area contributed by atoms with Crippen LogP contribution < -0.4 is 10.6 Å². The maximum atomic E-state index is 12.4. The molecule has 0 bridgehead atoms. The molecule has 5 heteroatoms. The molecule has 0 fully saturated rings. The van der Waals surface area contributed by atoms with Crippen LogP contribution in [0.5, 0.6) is 0 Å². The molecule has 1 aliphatic heterocycles. The lowest BCUT2D eigenvalue weighted by atomic mass is 9.97. The Balaban J connectivity index is 2.12. The summed E-state index contributed by atoms with van der Waals surface area (Å²) < 4.78 is 5.07. The summed E-state index contributed by atoms with van der Waals surface area (Å²) in [6.07, 6.45) is 2.45. The first kappa shape index (κ1) is 14.8. The van der Waals surface area contributed by atoms with Crippen LogP contribution >= 0.6 is 0 Å². The molecule has 0 saturated carbocycles. The lowest BCUT2D eigenvalue weighted by Crippen LogP contribution is -2.39. The van der Waals surface area contributed by atoms with E-state index < -0.39 is 0 Å². The smallest absolute Gasteiger partial charge is 0.251 e. The summed E-state index contributed by atoms with van der Waals surface area (Å²) in [7, 11) is 1.59. The molecule has 0 radical (unpaired) electrons. The van der Waals surface area contributed by atoms with Crippen molar-refractivity contribution in [2.24, 2.45) is 0 Å². The first-order chi connectivity index (χ1) is 9.76. The van der Waals surface area contributed by atoms with Crippen molar-refractivity contribution in [1.82, 2.24) is 5.32 Å². The molecule has 0 aromatic heterocycles. The van der Waals surface area contributed by atoms with Crippen molar-refractivity contribution in [3.05, 3.63) is 29.3 Å². The number of nitrogens with one attached hydrogen (secondary N) is 2. The summed E-state index contributed by atoms with van der Waals surface area (Å²) in [6, 6.07) is 5.59. The highest BCUT2D eigenvalue weighted by Gasteiger charge is 2.19. The largest absolute Gasteiger partial charge is 0.396 e. The minimum Gasteiger partial charge on any atom is -0.396 e. The van der Waals surface area contributed by atoms with Crippen molar-refractivity contribution in [2.75, 3.05) is 32.2 Å². The number of anilines is 1. The van der Waals surface area contributed by atoms with E-state index in [2.05, 4.69) is 10.6 Å². The van der Waals surface area contributed by atoms with E-state index in [-0.39, 0.29) is 18.6 Å². The zero-order valence-corrected chi connectivity index (χ0v) is 11.8. The highest BCUT2D eigenvalue weighted by Crippen LogP contribution is 2.25. The number of amides is 1. The second kappa shape index (κ2) is 7.26. The summed E-state index contributed by atoms with van der Waals surface area (Å²) >= 11 is 0. The number of benzene rings is 1. The van der Waals surface area contributed by atoms with Gasteiger partial charge in [-0.25, -0.2) is 0 Å². The molecule has 1 unspecified atom stereocenters. The Labute approximate surface area is 119 Å². The van der Waals surface area contributed by atoms with Crippen LogP contribution in [0.1, 0.15) is 28.8 Å². The van der Waals surface area contributed by atoms with Gasteiger partial charge in [-0.1, -0.05) is 6.07 Å². The van der Waals surface area contributed by atoms with Crippen LogP contribution in [-0.4, -0.2) is 43.9 Å². The highest BCUT2D eigenvalue weighted by molar-refractivity contribution is 5.97. The van der Waals surface area contributed by atoms with Crippen molar-refractivity contribution in [2.45, 2.75) is 25.3 Å². The average Bonchev–Trinajstić information content (AvgIpc) is 2.47. The molecule has 1 aromatic rings. The maximum Gasteiger partial charge on any atom is 0.251 e. The first-order valence-corrected chi connectivity index (χ1v) is 7.02. The third-order valence-corrected chi connectivity index (χ3v) is 3.52. The minimum absolute atomic E-state index is 0.0305. The second-order valence-corrected chi connectivity index (χ2v) is 5.00. The van der Waals surface area contributed by atoms with E-state index in [1.807, 2.05) is 18.2 Å². The van der Waals surface area contributed by atoms with Crippen LogP contribution in [0.25, 0.3) is 0 Å². The normalized spacial score (nSPS) is 15.1. The quantitative estimate of drug-likeness (QED) is 0.730. The van der Waals surface area contributed by atoms with Crippen molar-refractivity contribution in [3.63, 3.8) is 0 Å². The third kappa shape index (κ3) is 3.49. The Bertz CT molecular complexity index is 456. The Kier molecular flexibility index (Phi) is 5.38. The lowest BCUT2D eigenvalue weighted by Gasteiger charge is -2.22. The van der Waals surface area contributed by atoms with E-state index in [0.29, 0.717) is 18.6 Å². The Morgan fingerprint density at radius 3 is 3.15 bits per heavy atom. The van der Waals surface area contributed by atoms with Gasteiger partial charge in [-0.2, -0.15) is 0 Å². The number of rotatable bonds is 6. The maximum absolute atomic E-state index is 12.4. The second-order valence-electron chi connectivity index (χ2n) is 5.00. The van der Waals surface area contributed by atoms with Crippen LogP contribution in [0, 0.1) is 0 Å². The Morgan fingerprint density at radius 1 is 1.55 bits per heavy atom. The predicted molar refractivity (Wildman–Crippen MR) is 78.1 cm³/mol. The molecule has 0 aliphatic carbocycles. The van der Waals surface area contributed by atoms with Gasteiger partial charge in [0.1, 0.15) is 0 Å². The van der Waals surface area contributed by atoms with E-state index >= 15 is 0 Å². The number of methoxy groups -OCH3 is 1. The van der Waals surface area contributed by atoms with E-state index in [1.165, 1.54) is 0 Å². The van der Waals surface area contributed by atoms with Crippen molar-refractivity contribution in [3.8, 4) is 0 Å². The standard InChI is InChI=1S/C15H22N2O3/c1-20-10-11(7-9-18)17-15(19)13-4-2-6-14-12(13)5-3-8-16-14/h2,4,6,11,16,18H,3,5,7-10H2,1H3,(H,17,19). The topological polar surface area (TPSA) is 70.6 Å². The molecule has 3 N–H and O–H groups in total. The van der Waals surface area contributed by atoms with Crippen molar-refractivity contribution >= 4 is 11.6 Å². The first-order valence-electron chi connectivity index (χ1n) is 7.02. The molecule has 1 amide bonds. The number of hydrogen-bond acceptors (Lipinski definition) is 4. The number of aliphatic hydroxyl groups is 1. The van der Waals surface area contributed by atoms with Gasteiger partial charge in [-0.05, 0) is 37.0 Å². The fourth-order valence-electron chi connectivity index (χ4n) is 2.54. The molecule has 1 heterocycles. The number of carbonyl (C=O) groups excluding carboxylic acids is 1. The van der Waals surface area contributed by atoms with Gasteiger partial charge >= 0.3 is 0 Å². The fourth-order valence-corrected chi connectivity index (χ4v) is 2.54. The number of carbonyl (C=O) groups is 1. The third-order valence-electron chi connectivity index (χ3n) is 3.52. The molecule has 110 valence electrons. The van der Waals surface area contributed by atoms with Gasteiger partial charge in [0, 0.05) is 31.5 Å². The fraction of sp³-hybridized carbons (Fsp3) is 0.533. The van der Waals surface area contributed by atoms with Gasteiger partial charge in [0.05, 0.1) is 12.6 Å². The zero-order valence-electron chi connectivity index (χ0n) is 11.8. The monoisotopic (exact) mass is 278 g/mol. The molecule has 1 atom stereocenters. The van der Waals surface area contributed by atoms with Crippen LogP contribution in [0.3, 0.4) is 0 Å². The summed E-state index contributed by atoms with van der Waals surface area (Å²) in [5.74, 6) is -0.0962. The molecule has 0 spiro atoms. The molecular formula is C15H22N2O3. The van der Waals surface area contributed by atoms with Crippen molar-refractivity contribution in [1.29, 1.82) is 0 Å². The summed E-state index contributed by atoms with van der Waals surface area (Å²) in [5, 5.41) is 15.3. The Hall–Kier alpha value is -1.59. The van der Waals surface area contributed by atoms with Gasteiger partial charge in [-0.3, -0.25) is 4.79 Å². The summed E-state index contributed by atoms with van der Waals surface area (Å²) in [6.45, 7) is 1.39. The molecule has 20 heavy (non-hydrogen) atoms. The van der Waals surface area contributed by atoms with Gasteiger partial charge in [0.25, 0.3) is 5.91 Å². The van der Waals surface area contributed by atoms with Gasteiger partial charge in [-0.15, -0.1) is 0 Å². The van der Waals surface area contributed by atoms with Crippen LogP contribution in [-0.2, 0) is 11.2 Å². The zero-order chi connectivity index (χ0) is 14.4.